The molecule has 0 aliphatic heterocycles. The number of nitrogens with zero attached hydrogens (tertiary/aromatic N) is 1. The fourth-order valence-electron chi connectivity index (χ4n) is 3.26. The van der Waals surface area contributed by atoms with Crippen LogP contribution in [-0.4, -0.2) is 36.9 Å². The van der Waals surface area contributed by atoms with Gasteiger partial charge in [0.15, 0.2) is 5.96 Å². The molecule has 2 aliphatic carbocycles. The molecule has 2 saturated carbocycles. The molecule has 0 saturated heterocycles. The summed E-state index contributed by atoms with van der Waals surface area (Å²) < 4.78 is 5.97. The molecule has 0 spiro atoms. The zero-order valence-corrected chi connectivity index (χ0v) is 15.2. The van der Waals surface area contributed by atoms with Gasteiger partial charge in [-0.25, -0.2) is 4.99 Å². The number of aliphatic imine (C=N–C) groups is 1. The molecule has 2 fully saturated rings. The van der Waals surface area contributed by atoms with Crippen LogP contribution in [0.3, 0.4) is 0 Å². The second-order valence-electron chi connectivity index (χ2n) is 7.20. The monoisotopic (exact) mass is 345 g/mol. The molecular weight excluding hydrogens is 314 g/mol. The number of guanidine groups is 1. The topological polar surface area (TPSA) is 65.9 Å². The summed E-state index contributed by atoms with van der Waals surface area (Å²) in [5, 5.41) is 16.6. The van der Waals surface area contributed by atoms with Crippen LogP contribution in [0.15, 0.2) is 29.3 Å². The number of para-hydroxylation sites is 1. The van der Waals surface area contributed by atoms with Gasteiger partial charge in [0.2, 0.25) is 0 Å². The fraction of sp³-hybridized carbons (Fsp3) is 0.650. The smallest absolute Gasteiger partial charge is 0.191 e. The van der Waals surface area contributed by atoms with Crippen molar-refractivity contribution in [1.29, 1.82) is 0 Å². The number of aliphatic hydroxyl groups excluding tert-OH is 1. The van der Waals surface area contributed by atoms with Gasteiger partial charge in [-0.05, 0) is 44.6 Å². The first-order valence-corrected chi connectivity index (χ1v) is 9.67. The van der Waals surface area contributed by atoms with Gasteiger partial charge in [-0.1, -0.05) is 24.6 Å². The predicted octanol–water partition coefficient (Wildman–Crippen LogP) is 2.69. The second kappa shape index (κ2) is 9.09. The van der Waals surface area contributed by atoms with E-state index in [9.17, 15) is 5.11 Å². The molecule has 25 heavy (non-hydrogen) atoms. The average Bonchev–Trinajstić information content (AvgIpc) is 3.37. The molecule has 0 radical (unpaired) electrons. The third-order valence-electron chi connectivity index (χ3n) is 5.05. The Kier molecular flexibility index (Phi) is 6.56. The molecule has 5 heteroatoms. The van der Waals surface area contributed by atoms with Gasteiger partial charge in [0.05, 0.1) is 19.3 Å². The molecule has 138 valence electrons. The number of aliphatic hydroxyl groups is 1. The number of ether oxygens (including phenoxy) is 1. The van der Waals surface area contributed by atoms with Crippen LogP contribution in [0.2, 0.25) is 0 Å². The molecule has 0 bridgehead atoms. The Morgan fingerprint density at radius 2 is 2.04 bits per heavy atom. The highest BCUT2D eigenvalue weighted by atomic mass is 16.5. The third kappa shape index (κ3) is 5.63. The third-order valence-corrected chi connectivity index (χ3v) is 5.05. The predicted molar refractivity (Wildman–Crippen MR) is 101 cm³/mol. The van der Waals surface area contributed by atoms with E-state index in [4.69, 9.17) is 9.73 Å². The van der Waals surface area contributed by atoms with Crippen molar-refractivity contribution in [1.82, 2.24) is 10.6 Å². The van der Waals surface area contributed by atoms with Crippen molar-refractivity contribution in [2.75, 3.05) is 19.7 Å². The van der Waals surface area contributed by atoms with Crippen molar-refractivity contribution >= 4 is 5.96 Å². The fourth-order valence-corrected chi connectivity index (χ4v) is 3.26. The maximum atomic E-state index is 9.97. The minimum atomic E-state index is -0.174. The number of nitrogens with one attached hydrogen (secondary N) is 2. The van der Waals surface area contributed by atoms with E-state index in [1.807, 2.05) is 18.2 Å². The van der Waals surface area contributed by atoms with Crippen LogP contribution in [0.1, 0.15) is 44.6 Å². The summed E-state index contributed by atoms with van der Waals surface area (Å²) in [5.41, 5.74) is 1.11. The van der Waals surface area contributed by atoms with E-state index < -0.39 is 0 Å². The van der Waals surface area contributed by atoms with Gasteiger partial charge in [0, 0.05) is 24.6 Å². The highest BCUT2D eigenvalue weighted by molar-refractivity contribution is 5.79. The van der Waals surface area contributed by atoms with Crippen LogP contribution in [0.5, 0.6) is 5.75 Å². The van der Waals surface area contributed by atoms with Gasteiger partial charge in [-0.3, -0.25) is 0 Å². The molecule has 1 aromatic carbocycles. The standard InChI is InChI=1S/C20H31N3O2/c1-2-21-20(22-12-16-7-5-8-18(16)24)23-13-17-6-3-4-9-19(17)25-14-15-10-11-15/h3-4,6,9,15-16,18,24H,2,5,7-8,10-14H2,1H3,(H2,21,22,23). The maximum Gasteiger partial charge on any atom is 0.191 e. The van der Waals surface area contributed by atoms with E-state index in [0.29, 0.717) is 12.5 Å². The van der Waals surface area contributed by atoms with E-state index in [1.165, 1.54) is 12.8 Å². The first-order valence-electron chi connectivity index (χ1n) is 9.67. The van der Waals surface area contributed by atoms with Gasteiger partial charge < -0.3 is 20.5 Å². The van der Waals surface area contributed by atoms with Gasteiger partial charge in [0.1, 0.15) is 5.75 Å². The maximum absolute atomic E-state index is 9.97. The van der Waals surface area contributed by atoms with Crippen LogP contribution in [0.4, 0.5) is 0 Å². The average molecular weight is 345 g/mol. The van der Waals surface area contributed by atoms with Crippen molar-refractivity contribution in [3.05, 3.63) is 29.8 Å². The Labute approximate surface area is 150 Å². The van der Waals surface area contributed by atoms with Gasteiger partial charge in [-0.2, -0.15) is 0 Å². The summed E-state index contributed by atoms with van der Waals surface area (Å²) in [4.78, 5) is 4.71. The number of hydrogen-bond acceptors (Lipinski definition) is 3. The lowest BCUT2D eigenvalue weighted by Crippen LogP contribution is -2.41. The van der Waals surface area contributed by atoms with Crippen molar-refractivity contribution in [3.8, 4) is 5.75 Å². The molecule has 1 aromatic rings. The Morgan fingerprint density at radius 1 is 1.20 bits per heavy atom. The number of hydrogen-bond donors (Lipinski definition) is 3. The van der Waals surface area contributed by atoms with Gasteiger partial charge in [-0.15, -0.1) is 0 Å². The molecule has 2 aliphatic rings. The van der Waals surface area contributed by atoms with E-state index in [2.05, 4.69) is 23.6 Å². The Balaban J connectivity index is 1.56. The normalized spacial score (nSPS) is 23.5. The summed E-state index contributed by atoms with van der Waals surface area (Å²) in [6.45, 7) is 5.06. The molecule has 2 atom stereocenters. The lowest BCUT2D eigenvalue weighted by atomic mass is 10.1. The molecule has 5 nitrogen and oxygen atoms in total. The van der Waals surface area contributed by atoms with Crippen LogP contribution < -0.4 is 15.4 Å². The highest BCUT2D eigenvalue weighted by Crippen LogP contribution is 2.30. The summed E-state index contributed by atoms with van der Waals surface area (Å²) in [7, 11) is 0. The summed E-state index contributed by atoms with van der Waals surface area (Å²) in [6, 6.07) is 8.16. The summed E-state index contributed by atoms with van der Waals surface area (Å²) >= 11 is 0. The molecular formula is C20H31N3O2. The molecule has 3 N–H and O–H groups in total. The van der Waals surface area contributed by atoms with Crippen molar-refractivity contribution in [2.24, 2.45) is 16.8 Å². The van der Waals surface area contributed by atoms with Crippen LogP contribution in [0, 0.1) is 11.8 Å². The van der Waals surface area contributed by atoms with Crippen molar-refractivity contribution in [3.63, 3.8) is 0 Å². The van der Waals surface area contributed by atoms with Gasteiger partial charge in [0.25, 0.3) is 0 Å². The largest absolute Gasteiger partial charge is 0.493 e. The van der Waals surface area contributed by atoms with Crippen LogP contribution in [-0.2, 0) is 6.54 Å². The zero-order valence-electron chi connectivity index (χ0n) is 15.2. The zero-order chi connectivity index (χ0) is 17.5. The van der Waals surface area contributed by atoms with Crippen LogP contribution >= 0.6 is 0 Å². The van der Waals surface area contributed by atoms with E-state index in [-0.39, 0.29) is 6.10 Å². The van der Waals surface area contributed by atoms with Crippen molar-refractivity contribution < 1.29 is 9.84 Å². The van der Waals surface area contributed by atoms with E-state index >= 15 is 0 Å². The minimum absolute atomic E-state index is 0.174. The Morgan fingerprint density at radius 3 is 2.76 bits per heavy atom. The second-order valence-corrected chi connectivity index (χ2v) is 7.20. The first-order chi connectivity index (χ1) is 12.3. The van der Waals surface area contributed by atoms with E-state index in [0.717, 1.165) is 62.1 Å². The molecule has 2 unspecified atom stereocenters. The van der Waals surface area contributed by atoms with E-state index in [1.54, 1.807) is 0 Å². The lowest BCUT2D eigenvalue weighted by Gasteiger charge is -2.18. The first kappa shape index (κ1) is 18.1. The molecule has 0 aromatic heterocycles. The Bertz CT molecular complexity index is 572. The number of rotatable bonds is 8. The summed E-state index contributed by atoms with van der Waals surface area (Å²) in [6.07, 6.45) is 5.54. The summed E-state index contributed by atoms with van der Waals surface area (Å²) in [5.74, 6) is 2.82. The van der Waals surface area contributed by atoms with Crippen molar-refractivity contribution in [2.45, 2.75) is 51.7 Å². The number of benzene rings is 1. The molecule has 0 heterocycles. The molecule has 3 rings (SSSR count). The lowest BCUT2D eigenvalue weighted by molar-refractivity contribution is 0.134. The quantitative estimate of drug-likeness (QED) is 0.501. The highest BCUT2D eigenvalue weighted by Gasteiger charge is 2.25. The minimum Gasteiger partial charge on any atom is -0.493 e. The molecule has 0 amide bonds. The van der Waals surface area contributed by atoms with Gasteiger partial charge >= 0.3 is 0 Å². The van der Waals surface area contributed by atoms with Crippen LogP contribution in [0.25, 0.3) is 0 Å². The Hall–Kier alpha value is -1.75. The SMILES string of the molecule is CCNC(=NCc1ccccc1OCC1CC1)NCC1CCCC1O.